The molecule has 3 amide bonds. The van der Waals surface area contributed by atoms with Crippen LogP contribution in [0.2, 0.25) is 0 Å². The fourth-order valence-corrected chi connectivity index (χ4v) is 9.21. The summed E-state index contributed by atoms with van der Waals surface area (Å²) in [6.07, 6.45) is 6.97. The Morgan fingerprint density at radius 2 is 1.07 bits per heavy atom. The first-order valence-electron chi connectivity index (χ1n) is 19.0. The van der Waals surface area contributed by atoms with Gasteiger partial charge in [0.05, 0.1) is 23.3 Å². The molecule has 0 radical (unpaired) electrons. The van der Waals surface area contributed by atoms with E-state index in [1.54, 1.807) is 24.3 Å². The monoisotopic (exact) mass is 930 g/mol. The average Bonchev–Trinajstić information content (AvgIpc) is 3.14. The van der Waals surface area contributed by atoms with Crippen LogP contribution >= 0.6 is 31.9 Å². The zero-order valence-electron chi connectivity index (χ0n) is 31.3. The fraction of sp³-hybridized carbons (Fsp3) is 0.391. The number of nitrogens with two attached hydrogens (primary N) is 1. The number of nitriles is 1. The van der Waals surface area contributed by atoms with E-state index in [9.17, 15) is 19.6 Å². The number of nitrogens with one attached hydrogen (secondary N) is 2. The molecule has 4 saturated carbocycles. The van der Waals surface area contributed by atoms with Crippen molar-refractivity contribution >= 4 is 50.0 Å². The van der Waals surface area contributed by atoms with Crippen molar-refractivity contribution in [3.05, 3.63) is 128 Å². The normalized spacial score (nSPS) is 24.2. The van der Waals surface area contributed by atoms with Crippen LogP contribution in [0.1, 0.15) is 93.3 Å². The Kier molecular flexibility index (Phi) is 15.1. The van der Waals surface area contributed by atoms with Crippen LogP contribution in [0.25, 0.3) is 0 Å². The van der Waals surface area contributed by atoms with Gasteiger partial charge in [0.15, 0.2) is 0 Å². The summed E-state index contributed by atoms with van der Waals surface area (Å²) in [7, 11) is 0. The molecule has 13 heteroatoms. The van der Waals surface area contributed by atoms with Gasteiger partial charge in [-0.15, -0.1) is 0 Å². The molecule has 0 bridgehead atoms. The third-order valence-electron chi connectivity index (χ3n) is 11.3. The van der Waals surface area contributed by atoms with Gasteiger partial charge >= 0.3 is 12.2 Å². The molecule has 4 aromatic rings. The number of nitrogens with zero attached hydrogens (tertiary/aromatic N) is 1. The number of hydrogen-bond donors (Lipinski definition) is 3. The van der Waals surface area contributed by atoms with Crippen molar-refractivity contribution in [3.8, 4) is 17.6 Å². The molecule has 4 aliphatic rings. The Morgan fingerprint density at radius 1 is 0.644 bits per heavy atom. The Hall–Kier alpha value is -5.06. The second-order valence-electron chi connectivity index (χ2n) is 15.7. The number of halogens is 2. The summed E-state index contributed by atoms with van der Waals surface area (Å²) in [4.78, 5) is 35.5. The average molecular weight is 933 g/mol. The standard InChI is InChI=1S/C22H23BrN2O4.C22H21BrN2O3.2CH4/c23-15-6-7-18(20(24)26)19(8-15)29-17-11-22(12-17)9-16(10-22)25-21(27)28-13-14-4-2-1-3-5-14;23-17-7-6-16(13-24)20(8-17)28-19-11-22(12-19)9-18(10-22)25-21(26)27-14-15-4-2-1-3-5-15;;/h1-8,16-17H,9-13H2,(H2,24,26)(H,25,27);1-8,18-19H,9-12,14H2,(H,25,26);2*1H4. The predicted molar refractivity (Wildman–Crippen MR) is 233 cm³/mol. The lowest BCUT2D eigenvalue weighted by molar-refractivity contribution is -0.0848. The molecule has 0 unspecified atom stereocenters. The minimum Gasteiger partial charge on any atom is -0.490 e. The summed E-state index contributed by atoms with van der Waals surface area (Å²) < 4.78 is 24.3. The molecule has 11 nitrogen and oxygen atoms in total. The molecule has 0 aliphatic heterocycles. The van der Waals surface area contributed by atoms with Crippen LogP contribution in [-0.4, -0.2) is 42.4 Å². The summed E-state index contributed by atoms with van der Waals surface area (Å²) in [6, 6.07) is 32.4. The van der Waals surface area contributed by atoms with Crippen molar-refractivity contribution in [1.29, 1.82) is 5.26 Å². The van der Waals surface area contributed by atoms with Gasteiger partial charge in [-0.25, -0.2) is 9.59 Å². The van der Waals surface area contributed by atoms with Crippen LogP contribution in [0.15, 0.2) is 106 Å². The van der Waals surface area contributed by atoms with E-state index in [-0.39, 0.29) is 75.4 Å². The van der Waals surface area contributed by atoms with Crippen molar-refractivity contribution in [2.45, 2.75) is 104 Å². The molecular weight excluding hydrogens is 880 g/mol. The van der Waals surface area contributed by atoms with Crippen molar-refractivity contribution in [2.24, 2.45) is 16.6 Å². The van der Waals surface area contributed by atoms with E-state index >= 15 is 0 Å². The molecule has 4 N–H and O–H groups in total. The summed E-state index contributed by atoms with van der Waals surface area (Å²) in [6.45, 7) is 0.559. The number of carbonyl (C=O) groups is 3. The summed E-state index contributed by atoms with van der Waals surface area (Å²) in [5.74, 6) is 0.656. The lowest BCUT2D eigenvalue weighted by Gasteiger charge is -2.57. The van der Waals surface area contributed by atoms with Crippen LogP contribution < -0.4 is 25.8 Å². The van der Waals surface area contributed by atoms with Crippen molar-refractivity contribution in [1.82, 2.24) is 10.6 Å². The second-order valence-corrected chi connectivity index (χ2v) is 17.5. The van der Waals surface area contributed by atoms with Crippen LogP contribution in [0.3, 0.4) is 0 Å². The van der Waals surface area contributed by atoms with Crippen molar-refractivity contribution in [2.75, 3.05) is 0 Å². The lowest BCUT2D eigenvalue weighted by atomic mass is 9.53. The minimum absolute atomic E-state index is 0. The molecule has 2 spiro atoms. The SMILES string of the molecule is C.C.N#Cc1ccc(Br)cc1OC1CC2(CC(NC(=O)OCc3ccccc3)C2)C1.NC(=O)c1ccc(Br)cc1OC1CC2(CC(NC(=O)OCc3ccccc3)C2)C1. The number of hydrogen-bond acceptors (Lipinski definition) is 8. The third-order valence-corrected chi connectivity index (χ3v) is 12.3. The van der Waals surface area contributed by atoms with Gasteiger partial charge in [0, 0.05) is 21.0 Å². The van der Waals surface area contributed by atoms with Crippen LogP contribution in [0.5, 0.6) is 11.5 Å². The zero-order valence-corrected chi connectivity index (χ0v) is 34.4. The van der Waals surface area contributed by atoms with E-state index in [2.05, 4.69) is 48.6 Å². The number of rotatable bonds is 11. The Bertz CT molecular complexity index is 2100. The van der Waals surface area contributed by atoms with Crippen LogP contribution in [-0.2, 0) is 22.7 Å². The smallest absolute Gasteiger partial charge is 0.407 e. The molecule has 312 valence electrons. The maximum Gasteiger partial charge on any atom is 0.407 e. The highest BCUT2D eigenvalue weighted by Gasteiger charge is 2.55. The highest BCUT2D eigenvalue weighted by atomic mass is 79.9. The second kappa shape index (κ2) is 19.8. The van der Waals surface area contributed by atoms with E-state index in [4.69, 9.17) is 24.7 Å². The molecular formula is C46H52Br2N4O7. The minimum atomic E-state index is -0.497. The Morgan fingerprint density at radius 3 is 1.51 bits per heavy atom. The maximum absolute atomic E-state index is 12.0. The van der Waals surface area contributed by atoms with Crippen LogP contribution in [0.4, 0.5) is 9.59 Å². The molecule has 8 rings (SSSR count). The number of amides is 3. The lowest BCUT2D eigenvalue weighted by Crippen LogP contribution is -2.58. The fourth-order valence-electron chi connectivity index (χ4n) is 8.53. The topological polar surface area (TPSA) is 162 Å². The predicted octanol–water partition coefficient (Wildman–Crippen LogP) is 10.4. The van der Waals surface area contributed by atoms with Gasteiger partial charge in [-0.2, -0.15) is 5.26 Å². The summed E-state index contributed by atoms with van der Waals surface area (Å²) in [5.41, 5.74) is 8.81. The number of ether oxygens (including phenoxy) is 4. The van der Waals surface area contributed by atoms with Gasteiger partial charge in [0.2, 0.25) is 0 Å². The largest absolute Gasteiger partial charge is 0.490 e. The molecule has 0 aromatic heterocycles. The molecule has 0 heterocycles. The van der Waals surface area contributed by atoms with E-state index in [1.807, 2.05) is 72.8 Å². The van der Waals surface area contributed by atoms with Gasteiger partial charge in [-0.05, 0) is 110 Å². The van der Waals surface area contributed by atoms with E-state index in [0.717, 1.165) is 71.4 Å². The summed E-state index contributed by atoms with van der Waals surface area (Å²) in [5, 5.41) is 15.1. The molecule has 59 heavy (non-hydrogen) atoms. The van der Waals surface area contributed by atoms with Gasteiger partial charge in [0.1, 0.15) is 30.8 Å². The van der Waals surface area contributed by atoms with Crippen molar-refractivity contribution < 1.29 is 33.3 Å². The molecule has 4 aliphatic carbocycles. The maximum atomic E-state index is 12.0. The van der Waals surface area contributed by atoms with Gasteiger partial charge in [0.25, 0.3) is 5.91 Å². The first-order valence-corrected chi connectivity index (χ1v) is 20.6. The third kappa shape index (κ3) is 11.6. The molecule has 0 saturated heterocycles. The quantitative estimate of drug-likeness (QED) is 0.134. The molecule has 4 aromatic carbocycles. The van der Waals surface area contributed by atoms with E-state index < -0.39 is 5.91 Å². The van der Waals surface area contributed by atoms with Gasteiger partial charge < -0.3 is 35.3 Å². The highest BCUT2D eigenvalue weighted by molar-refractivity contribution is 9.10. The van der Waals surface area contributed by atoms with E-state index in [1.165, 1.54) is 0 Å². The number of alkyl carbamates (subject to hydrolysis) is 2. The molecule has 0 atom stereocenters. The van der Waals surface area contributed by atoms with Gasteiger partial charge in [-0.1, -0.05) is 107 Å². The summed E-state index contributed by atoms with van der Waals surface area (Å²) >= 11 is 6.82. The number of primary amides is 1. The van der Waals surface area contributed by atoms with E-state index in [0.29, 0.717) is 22.6 Å². The number of carbonyl (C=O) groups excluding carboxylic acids is 3. The first kappa shape index (κ1) is 45.0. The number of benzene rings is 4. The first-order chi connectivity index (χ1) is 27.5. The molecule has 4 fully saturated rings. The van der Waals surface area contributed by atoms with Crippen molar-refractivity contribution in [3.63, 3.8) is 0 Å². The highest BCUT2D eigenvalue weighted by Crippen LogP contribution is 2.58. The van der Waals surface area contributed by atoms with Gasteiger partial charge in [-0.3, -0.25) is 4.79 Å². The Labute approximate surface area is 363 Å². The van der Waals surface area contributed by atoms with Crippen LogP contribution in [0, 0.1) is 22.2 Å². The zero-order chi connectivity index (χ0) is 40.0. The Balaban J connectivity index is 0.000000217.